The summed E-state index contributed by atoms with van der Waals surface area (Å²) < 4.78 is 5.61. The highest BCUT2D eigenvalue weighted by Gasteiger charge is 2.28. The predicted octanol–water partition coefficient (Wildman–Crippen LogP) is 2.31. The fourth-order valence-electron chi connectivity index (χ4n) is 2.71. The molecule has 1 saturated heterocycles. The molecule has 1 heterocycles. The van der Waals surface area contributed by atoms with Gasteiger partial charge in [0.05, 0.1) is 13.2 Å². The summed E-state index contributed by atoms with van der Waals surface area (Å²) in [5.41, 5.74) is 2.69. The topological polar surface area (TPSA) is 24.5 Å². The summed E-state index contributed by atoms with van der Waals surface area (Å²) in [6, 6.07) is 9.38. The van der Waals surface area contributed by atoms with Crippen molar-refractivity contribution >= 4 is 5.69 Å². The maximum Gasteiger partial charge on any atom is 0.0624 e. The van der Waals surface area contributed by atoms with Crippen LogP contribution in [0, 0.1) is 5.92 Å². The first kappa shape index (κ1) is 14.4. The molecule has 0 amide bonds. The Morgan fingerprint density at radius 2 is 1.95 bits per heavy atom. The smallest absolute Gasteiger partial charge is 0.0624 e. The summed E-state index contributed by atoms with van der Waals surface area (Å²) in [5.74, 6) is 0.579. The molecule has 0 aromatic heterocycles. The lowest BCUT2D eigenvalue weighted by molar-refractivity contribution is 0.183. The van der Waals surface area contributed by atoms with Crippen LogP contribution in [0.5, 0.6) is 0 Å². The van der Waals surface area contributed by atoms with Crippen LogP contribution < -0.4 is 10.2 Å². The lowest BCUT2D eigenvalue weighted by atomic mass is 10.0. The Balaban J connectivity index is 1.93. The molecule has 0 spiro atoms. The van der Waals surface area contributed by atoms with E-state index in [4.69, 9.17) is 4.74 Å². The quantitative estimate of drug-likeness (QED) is 0.851. The molecule has 2 unspecified atom stereocenters. The summed E-state index contributed by atoms with van der Waals surface area (Å²) in [5, 5.41) is 3.52. The number of aryl methyl sites for hydroxylation is 1. The van der Waals surface area contributed by atoms with E-state index in [0.717, 1.165) is 32.7 Å². The number of nitrogens with one attached hydrogen (secondary N) is 1. The van der Waals surface area contributed by atoms with Gasteiger partial charge in [0, 0.05) is 31.2 Å². The van der Waals surface area contributed by atoms with Crippen LogP contribution in [-0.4, -0.2) is 39.4 Å². The van der Waals surface area contributed by atoms with Gasteiger partial charge in [-0.3, -0.25) is 0 Å². The van der Waals surface area contributed by atoms with E-state index in [1.165, 1.54) is 11.3 Å². The number of hydrogen-bond acceptors (Lipinski definition) is 3. The average Bonchev–Trinajstić information content (AvgIpc) is 2.86. The molecule has 1 aliphatic heterocycles. The van der Waals surface area contributed by atoms with Gasteiger partial charge in [0.25, 0.3) is 0 Å². The number of hydrogen-bond donors (Lipinski definition) is 1. The van der Waals surface area contributed by atoms with Gasteiger partial charge in [-0.2, -0.15) is 0 Å². The highest BCUT2D eigenvalue weighted by Crippen LogP contribution is 2.20. The lowest BCUT2D eigenvalue weighted by Gasteiger charge is -2.26. The van der Waals surface area contributed by atoms with Crippen molar-refractivity contribution in [3.05, 3.63) is 29.8 Å². The summed E-state index contributed by atoms with van der Waals surface area (Å²) in [6.45, 7) is 8.12. The van der Waals surface area contributed by atoms with E-state index in [2.05, 4.69) is 55.4 Å². The summed E-state index contributed by atoms with van der Waals surface area (Å²) in [6.07, 6.45) is 1.10. The maximum absolute atomic E-state index is 5.61. The first-order valence-corrected chi connectivity index (χ1v) is 7.35. The van der Waals surface area contributed by atoms with Gasteiger partial charge in [-0.05, 0) is 30.7 Å². The minimum absolute atomic E-state index is 0.502. The zero-order valence-corrected chi connectivity index (χ0v) is 12.4. The normalized spacial score (nSPS) is 22.7. The van der Waals surface area contributed by atoms with Crippen LogP contribution in [-0.2, 0) is 11.2 Å². The van der Waals surface area contributed by atoms with Crippen molar-refractivity contribution < 1.29 is 4.74 Å². The molecule has 3 heteroatoms. The molecule has 0 bridgehead atoms. The van der Waals surface area contributed by atoms with Gasteiger partial charge in [0.15, 0.2) is 0 Å². The minimum atomic E-state index is 0.502. The third kappa shape index (κ3) is 3.71. The van der Waals surface area contributed by atoms with Crippen LogP contribution in [0.4, 0.5) is 5.69 Å². The Morgan fingerprint density at radius 3 is 2.58 bits per heavy atom. The van der Waals surface area contributed by atoms with E-state index >= 15 is 0 Å². The van der Waals surface area contributed by atoms with Crippen molar-refractivity contribution in [1.82, 2.24) is 5.32 Å². The maximum atomic E-state index is 5.61. The molecule has 1 fully saturated rings. The van der Waals surface area contributed by atoms with Crippen molar-refractivity contribution in [1.29, 1.82) is 0 Å². The molecule has 19 heavy (non-hydrogen) atoms. The molecule has 1 N–H and O–H groups in total. The Morgan fingerprint density at radius 1 is 1.21 bits per heavy atom. The van der Waals surface area contributed by atoms with Crippen LogP contribution in [0.15, 0.2) is 24.3 Å². The fraction of sp³-hybridized carbons (Fsp3) is 0.625. The van der Waals surface area contributed by atoms with Crippen LogP contribution in [0.3, 0.4) is 0 Å². The molecule has 2 atom stereocenters. The van der Waals surface area contributed by atoms with Gasteiger partial charge in [0.2, 0.25) is 0 Å². The molecule has 0 radical (unpaired) electrons. The molecule has 0 saturated carbocycles. The second kappa shape index (κ2) is 6.92. The van der Waals surface area contributed by atoms with Gasteiger partial charge < -0.3 is 15.0 Å². The summed E-state index contributed by atoms with van der Waals surface area (Å²) >= 11 is 0. The Labute approximate surface area is 116 Å². The van der Waals surface area contributed by atoms with Gasteiger partial charge in [-0.25, -0.2) is 0 Å². The van der Waals surface area contributed by atoms with Crippen LogP contribution in [0.25, 0.3) is 0 Å². The summed E-state index contributed by atoms with van der Waals surface area (Å²) in [7, 11) is 2.17. The van der Waals surface area contributed by atoms with E-state index in [0.29, 0.717) is 12.0 Å². The van der Waals surface area contributed by atoms with E-state index in [1.807, 2.05) is 0 Å². The summed E-state index contributed by atoms with van der Waals surface area (Å²) in [4.78, 5) is 2.34. The van der Waals surface area contributed by atoms with Crippen molar-refractivity contribution in [2.45, 2.75) is 26.3 Å². The molecule has 1 aromatic carbocycles. The van der Waals surface area contributed by atoms with Crippen molar-refractivity contribution in [2.75, 3.05) is 38.3 Å². The lowest BCUT2D eigenvalue weighted by Crippen LogP contribution is -2.40. The number of benzene rings is 1. The molecule has 3 nitrogen and oxygen atoms in total. The van der Waals surface area contributed by atoms with Gasteiger partial charge in [0.1, 0.15) is 0 Å². The van der Waals surface area contributed by atoms with Crippen LogP contribution in [0.2, 0.25) is 0 Å². The standard InChI is InChI=1S/C16H26N2O/c1-4-13-6-8-15(9-7-13)18(3)10-14-11-19-12-16(14)17-5-2/h6-9,14,16-17H,4-5,10-12H2,1-3H3. The molecule has 1 aromatic rings. The third-order valence-electron chi connectivity index (χ3n) is 3.96. The zero-order valence-electron chi connectivity index (χ0n) is 12.4. The molecular formula is C16H26N2O. The number of ether oxygens (including phenoxy) is 1. The molecule has 1 aliphatic rings. The second-order valence-electron chi connectivity index (χ2n) is 5.36. The van der Waals surface area contributed by atoms with E-state index in [9.17, 15) is 0 Å². The van der Waals surface area contributed by atoms with E-state index < -0.39 is 0 Å². The number of likely N-dealkylation sites (N-methyl/N-ethyl adjacent to an activating group) is 1. The van der Waals surface area contributed by atoms with Crippen molar-refractivity contribution in [3.63, 3.8) is 0 Å². The van der Waals surface area contributed by atoms with Gasteiger partial charge >= 0.3 is 0 Å². The third-order valence-corrected chi connectivity index (χ3v) is 3.96. The highest BCUT2D eigenvalue weighted by atomic mass is 16.5. The molecular weight excluding hydrogens is 236 g/mol. The van der Waals surface area contributed by atoms with E-state index in [1.54, 1.807) is 0 Å². The predicted molar refractivity (Wildman–Crippen MR) is 80.9 cm³/mol. The minimum Gasteiger partial charge on any atom is -0.379 e. The molecule has 0 aliphatic carbocycles. The van der Waals surface area contributed by atoms with Crippen LogP contribution >= 0.6 is 0 Å². The van der Waals surface area contributed by atoms with Gasteiger partial charge in [-0.15, -0.1) is 0 Å². The number of anilines is 1. The van der Waals surface area contributed by atoms with Crippen LogP contribution in [0.1, 0.15) is 19.4 Å². The average molecular weight is 262 g/mol. The first-order valence-electron chi connectivity index (χ1n) is 7.35. The van der Waals surface area contributed by atoms with Crippen molar-refractivity contribution in [2.24, 2.45) is 5.92 Å². The van der Waals surface area contributed by atoms with Crippen molar-refractivity contribution in [3.8, 4) is 0 Å². The Hall–Kier alpha value is -1.06. The SMILES string of the molecule is CCNC1COCC1CN(C)c1ccc(CC)cc1. The molecule has 2 rings (SSSR count). The first-order chi connectivity index (χ1) is 9.24. The number of rotatable bonds is 6. The fourth-order valence-corrected chi connectivity index (χ4v) is 2.71. The monoisotopic (exact) mass is 262 g/mol. The Bertz CT molecular complexity index is 377. The van der Waals surface area contributed by atoms with Gasteiger partial charge in [-0.1, -0.05) is 26.0 Å². The molecule has 106 valence electrons. The highest BCUT2D eigenvalue weighted by molar-refractivity contribution is 5.47. The van der Waals surface area contributed by atoms with E-state index in [-0.39, 0.29) is 0 Å². The Kier molecular flexibility index (Phi) is 5.23. The number of nitrogens with zero attached hydrogens (tertiary/aromatic N) is 1. The second-order valence-corrected chi connectivity index (χ2v) is 5.36. The zero-order chi connectivity index (χ0) is 13.7. The largest absolute Gasteiger partial charge is 0.379 e.